The van der Waals surface area contributed by atoms with Gasteiger partial charge in [-0.2, -0.15) is 0 Å². The lowest BCUT2D eigenvalue weighted by atomic mass is 9.92. The zero-order valence-electron chi connectivity index (χ0n) is 14.5. The van der Waals surface area contributed by atoms with E-state index in [1.807, 2.05) is 30.3 Å². The number of ketones is 1. The SMILES string of the molecule is O=C1CCC(N(Cc2ccccc2)c2cc(OC(F)(F)F)ccc2Br)CC1. The molecule has 0 unspecified atom stereocenters. The molecule has 0 atom stereocenters. The molecule has 0 bridgehead atoms. The van der Waals surface area contributed by atoms with Crippen LogP contribution in [-0.4, -0.2) is 18.2 Å². The predicted octanol–water partition coefficient (Wildman–Crippen LogP) is 5.87. The first-order valence-corrected chi connectivity index (χ1v) is 9.49. The first kappa shape index (κ1) is 19.7. The van der Waals surface area contributed by atoms with Gasteiger partial charge in [0.15, 0.2) is 0 Å². The maximum absolute atomic E-state index is 12.6. The number of ether oxygens (including phenoxy) is 1. The molecule has 0 amide bonds. The van der Waals surface area contributed by atoms with Gasteiger partial charge in [-0.05, 0) is 46.5 Å². The van der Waals surface area contributed by atoms with Gasteiger partial charge in [0.2, 0.25) is 0 Å². The molecule has 0 N–H and O–H groups in total. The number of rotatable bonds is 5. The first-order chi connectivity index (χ1) is 12.8. The van der Waals surface area contributed by atoms with Gasteiger partial charge in [-0.15, -0.1) is 13.2 Å². The molecule has 0 spiro atoms. The van der Waals surface area contributed by atoms with E-state index in [-0.39, 0.29) is 17.6 Å². The molecule has 1 aliphatic carbocycles. The number of Topliss-reactive ketones (excluding diaryl/α,β-unsaturated/α-hetero) is 1. The summed E-state index contributed by atoms with van der Waals surface area (Å²) in [7, 11) is 0. The van der Waals surface area contributed by atoms with Crippen LogP contribution in [0.15, 0.2) is 53.0 Å². The van der Waals surface area contributed by atoms with Gasteiger partial charge in [-0.3, -0.25) is 4.79 Å². The molecule has 0 heterocycles. The second kappa shape index (κ2) is 8.33. The summed E-state index contributed by atoms with van der Waals surface area (Å²) >= 11 is 3.46. The first-order valence-electron chi connectivity index (χ1n) is 8.69. The van der Waals surface area contributed by atoms with Crippen LogP contribution in [0.3, 0.4) is 0 Å². The summed E-state index contributed by atoms with van der Waals surface area (Å²) in [6.45, 7) is 0.535. The Morgan fingerprint density at radius 1 is 1.07 bits per heavy atom. The number of nitrogens with zero attached hydrogens (tertiary/aromatic N) is 1. The zero-order chi connectivity index (χ0) is 19.4. The number of carbonyl (C=O) groups is 1. The van der Waals surface area contributed by atoms with Crippen molar-refractivity contribution in [2.45, 2.75) is 44.6 Å². The lowest BCUT2D eigenvalue weighted by Crippen LogP contribution is -2.38. The third kappa shape index (κ3) is 5.48. The number of anilines is 1. The molecule has 0 aromatic heterocycles. The van der Waals surface area contributed by atoms with Crippen LogP contribution in [0.2, 0.25) is 0 Å². The van der Waals surface area contributed by atoms with Crippen molar-refractivity contribution in [1.82, 2.24) is 0 Å². The van der Waals surface area contributed by atoms with E-state index in [9.17, 15) is 18.0 Å². The summed E-state index contributed by atoms with van der Waals surface area (Å²) in [5.41, 5.74) is 1.67. The minimum atomic E-state index is -4.74. The van der Waals surface area contributed by atoms with Crippen LogP contribution < -0.4 is 9.64 Å². The summed E-state index contributed by atoms with van der Waals surface area (Å²) < 4.78 is 42.7. The van der Waals surface area contributed by atoms with Crippen LogP contribution >= 0.6 is 15.9 Å². The number of benzene rings is 2. The Bertz CT molecular complexity index is 786. The molecule has 1 aliphatic rings. The molecule has 2 aromatic rings. The average molecular weight is 442 g/mol. The van der Waals surface area contributed by atoms with E-state index in [1.54, 1.807) is 6.07 Å². The Balaban J connectivity index is 1.94. The largest absolute Gasteiger partial charge is 0.573 e. The molecule has 3 nitrogen and oxygen atoms in total. The van der Waals surface area contributed by atoms with Crippen molar-refractivity contribution >= 4 is 27.4 Å². The Hall–Kier alpha value is -2.02. The van der Waals surface area contributed by atoms with Crippen molar-refractivity contribution in [3.63, 3.8) is 0 Å². The molecule has 0 radical (unpaired) electrons. The zero-order valence-corrected chi connectivity index (χ0v) is 16.1. The van der Waals surface area contributed by atoms with Crippen LogP contribution in [-0.2, 0) is 11.3 Å². The van der Waals surface area contributed by atoms with E-state index in [1.165, 1.54) is 12.1 Å². The van der Waals surface area contributed by atoms with E-state index in [0.717, 1.165) is 5.56 Å². The molecule has 144 valence electrons. The van der Waals surface area contributed by atoms with Crippen LogP contribution in [0.4, 0.5) is 18.9 Å². The molecule has 27 heavy (non-hydrogen) atoms. The topological polar surface area (TPSA) is 29.5 Å². The van der Waals surface area contributed by atoms with Crippen LogP contribution in [0, 0.1) is 0 Å². The Morgan fingerprint density at radius 2 is 1.74 bits per heavy atom. The predicted molar refractivity (Wildman–Crippen MR) is 101 cm³/mol. The summed E-state index contributed by atoms with van der Waals surface area (Å²) in [4.78, 5) is 13.7. The lowest BCUT2D eigenvalue weighted by molar-refractivity contribution is -0.274. The van der Waals surface area contributed by atoms with Crippen molar-refractivity contribution in [2.24, 2.45) is 0 Å². The second-order valence-corrected chi connectivity index (χ2v) is 7.40. The van der Waals surface area contributed by atoms with Gasteiger partial charge in [0, 0.05) is 36.0 Å². The lowest BCUT2D eigenvalue weighted by Gasteiger charge is -2.36. The summed E-state index contributed by atoms with van der Waals surface area (Å²) in [6.07, 6.45) is -2.39. The van der Waals surface area contributed by atoms with E-state index >= 15 is 0 Å². The summed E-state index contributed by atoms with van der Waals surface area (Å²) in [5.74, 6) is -0.0234. The maximum Gasteiger partial charge on any atom is 0.573 e. The Kier molecular flexibility index (Phi) is 6.09. The molecule has 0 saturated heterocycles. The normalized spacial score (nSPS) is 15.6. The fourth-order valence-electron chi connectivity index (χ4n) is 3.34. The number of carbonyl (C=O) groups excluding carboxylic acids is 1. The van der Waals surface area contributed by atoms with E-state index in [2.05, 4.69) is 25.6 Å². The molecule has 0 aliphatic heterocycles. The van der Waals surface area contributed by atoms with Gasteiger partial charge in [0.25, 0.3) is 0 Å². The van der Waals surface area contributed by atoms with Crippen molar-refractivity contribution in [1.29, 1.82) is 0 Å². The molecular weight excluding hydrogens is 423 g/mol. The number of alkyl halides is 3. The highest BCUT2D eigenvalue weighted by Gasteiger charge is 2.32. The molecule has 1 fully saturated rings. The highest BCUT2D eigenvalue weighted by molar-refractivity contribution is 9.10. The van der Waals surface area contributed by atoms with Gasteiger partial charge in [-0.1, -0.05) is 30.3 Å². The highest BCUT2D eigenvalue weighted by atomic mass is 79.9. The van der Waals surface area contributed by atoms with Crippen LogP contribution in [0.25, 0.3) is 0 Å². The van der Waals surface area contributed by atoms with Gasteiger partial charge in [-0.25, -0.2) is 0 Å². The van der Waals surface area contributed by atoms with Crippen molar-refractivity contribution < 1.29 is 22.7 Å². The standard InChI is InChI=1S/C20H19BrF3NO2/c21-18-11-10-17(27-20(22,23)24)12-19(18)25(13-14-4-2-1-3-5-14)15-6-8-16(26)9-7-15/h1-5,10-12,15H,6-9,13H2. The van der Waals surface area contributed by atoms with Gasteiger partial charge < -0.3 is 9.64 Å². The smallest absolute Gasteiger partial charge is 0.406 e. The van der Waals surface area contributed by atoms with Gasteiger partial charge in [0.05, 0.1) is 5.69 Å². The number of hydrogen-bond donors (Lipinski definition) is 0. The second-order valence-electron chi connectivity index (χ2n) is 6.54. The third-order valence-corrected chi connectivity index (χ3v) is 5.28. The molecule has 7 heteroatoms. The van der Waals surface area contributed by atoms with E-state index in [0.29, 0.717) is 42.4 Å². The van der Waals surface area contributed by atoms with Crippen LogP contribution in [0.1, 0.15) is 31.2 Å². The van der Waals surface area contributed by atoms with Crippen LogP contribution in [0.5, 0.6) is 5.75 Å². The monoisotopic (exact) mass is 441 g/mol. The quantitative estimate of drug-likeness (QED) is 0.581. The molecular formula is C20H19BrF3NO2. The molecule has 2 aromatic carbocycles. The van der Waals surface area contributed by atoms with E-state index < -0.39 is 6.36 Å². The van der Waals surface area contributed by atoms with Gasteiger partial charge >= 0.3 is 6.36 Å². The maximum atomic E-state index is 12.6. The number of halogens is 4. The minimum absolute atomic E-state index is 0.0698. The minimum Gasteiger partial charge on any atom is -0.406 e. The molecule has 3 rings (SSSR count). The van der Waals surface area contributed by atoms with Crippen molar-refractivity contribution in [2.75, 3.05) is 4.90 Å². The van der Waals surface area contributed by atoms with Crippen molar-refractivity contribution in [3.05, 3.63) is 58.6 Å². The average Bonchev–Trinajstić information content (AvgIpc) is 2.62. The van der Waals surface area contributed by atoms with E-state index in [4.69, 9.17) is 0 Å². The fourth-order valence-corrected chi connectivity index (χ4v) is 3.81. The third-order valence-electron chi connectivity index (χ3n) is 4.61. The molecule has 1 saturated carbocycles. The highest BCUT2D eigenvalue weighted by Crippen LogP contribution is 2.37. The Morgan fingerprint density at radius 3 is 2.37 bits per heavy atom. The fraction of sp³-hybridized carbons (Fsp3) is 0.350. The Labute approximate surface area is 164 Å². The number of hydrogen-bond acceptors (Lipinski definition) is 3. The van der Waals surface area contributed by atoms with Gasteiger partial charge in [0.1, 0.15) is 11.5 Å². The summed E-state index contributed by atoms with van der Waals surface area (Å²) in [6, 6.07) is 14.0. The van der Waals surface area contributed by atoms with Crippen molar-refractivity contribution in [3.8, 4) is 5.75 Å². The summed E-state index contributed by atoms with van der Waals surface area (Å²) in [5, 5.41) is 0.